The van der Waals surface area contributed by atoms with Gasteiger partial charge in [-0.3, -0.25) is 4.79 Å². The van der Waals surface area contributed by atoms with Crippen molar-refractivity contribution in [2.24, 2.45) is 5.92 Å². The smallest absolute Gasteiger partial charge is 0.257 e. The lowest BCUT2D eigenvalue weighted by Crippen LogP contribution is -2.40. The molecule has 1 aliphatic heterocycles. The van der Waals surface area contributed by atoms with Crippen LogP contribution < -0.4 is 0 Å². The molecule has 1 atom stereocenters. The average Bonchev–Trinajstić information content (AvgIpc) is 3.04. The fraction of sp³-hybridized carbons (Fsp3) is 0.412. The predicted molar refractivity (Wildman–Crippen MR) is 88.9 cm³/mol. The number of carbonyl (C=O) groups excluding carboxylic acids is 1. The summed E-state index contributed by atoms with van der Waals surface area (Å²) in [6, 6.07) is 7.34. The SMILES string of the molecule is CC(O)C1CCN(C(=O)c2cnn(-c3cccc(Cl)c3)c2)CC1. The van der Waals surface area contributed by atoms with Crippen LogP contribution >= 0.6 is 11.6 Å². The van der Waals surface area contributed by atoms with Crippen LogP contribution in [-0.4, -0.2) is 44.9 Å². The lowest BCUT2D eigenvalue weighted by molar-refractivity contribution is 0.0521. The molecule has 1 aliphatic rings. The van der Waals surface area contributed by atoms with E-state index in [1.807, 2.05) is 24.0 Å². The number of aliphatic hydroxyl groups excluding tert-OH is 1. The number of aliphatic hydroxyl groups is 1. The van der Waals surface area contributed by atoms with Crippen LogP contribution in [0.4, 0.5) is 0 Å². The monoisotopic (exact) mass is 333 g/mol. The number of piperidine rings is 1. The van der Waals surface area contributed by atoms with Crippen LogP contribution in [0, 0.1) is 5.92 Å². The van der Waals surface area contributed by atoms with Crippen LogP contribution in [0.15, 0.2) is 36.7 Å². The molecule has 0 bridgehead atoms. The third kappa shape index (κ3) is 3.57. The quantitative estimate of drug-likeness (QED) is 0.939. The largest absolute Gasteiger partial charge is 0.393 e. The van der Waals surface area contributed by atoms with Gasteiger partial charge in [0.25, 0.3) is 5.91 Å². The Hall–Kier alpha value is -1.85. The Morgan fingerprint density at radius 2 is 2.13 bits per heavy atom. The van der Waals surface area contributed by atoms with Gasteiger partial charge in [0, 0.05) is 24.3 Å². The molecule has 23 heavy (non-hydrogen) atoms. The van der Waals surface area contributed by atoms with Crippen molar-refractivity contribution in [3.05, 3.63) is 47.2 Å². The summed E-state index contributed by atoms with van der Waals surface area (Å²) in [5.41, 5.74) is 1.39. The van der Waals surface area contributed by atoms with Gasteiger partial charge >= 0.3 is 0 Å². The Morgan fingerprint density at radius 3 is 2.78 bits per heavy atom. The summed E-state index contributed by atoms with van der Waals surface area (Å²) in [6.45, 7) is 3.17. The highest BCUT2D eigenvalue weighted by Crippen LogP contribution is 2.22. The highest BCUT2D eigenvalue weighted by atomic mass is 35.5. The summed E-state index contributed by atoms with van der Waals surface area (Å²) >= 11 is 5.99. The molecule has 1 saturated heterocycles. The van der Waals surface area contributed by atoms with Crippen molar-refractivity contribution < 1.29 is 9.90 Å². The minimum absolute atomic E-state index is 0.0117. The van der Waals surface area contributed by atoms with Gasteiger partial charge in [0.2, 0.25) is 0 Å². The van der Waals surface area contributed by atoms with Gasteiger partial charge in [-0.2, -0.15) is 5.10 Å². The van der Waals surface area contributed by atoms with Crippen LogP contribution in [0.5, 0.6) is 0 Å². The number of benzene rings is 1. The van der Waals surface area contributed by atoms with E-state index in [0.717, 1.165) is 18.5 Å². The summed E-state index contributed by atoms with van der Waals surface area (Å²) < 4.78 is 1.65. The van der Waals surface area contributed by atoms with Crippen LogP contribution in [-0.2, 0) is 0 Å². The van der Waals surface area contributed by atoms with E-state index in [9.17, 15) is 9.90 Å². The van der Waals surface area contributed by atoms with Crippen LogP contribution in [0.3, 0.4) is 0 Å². The Bertz CT molecular complexity index is 691. The zero-order chi connectivity index (χ0) is 16.4. The predicted octanol–water partition coefficient (Wildman–Crippen LogP) is 2.76. The number of likely N-dealkylation sites (tertiary alicyclic amines) is 1. The van der Waals surface area contributed by atoms with Crippen LogP contribution in [0.1, 0.15) is 30.1 Å². The molecule has 5 nitrogen and oxygen atoms in total. The third-order valence-electron chi connectivity index (χ3n) is 4.41. The maximum absolute atomic E-state index is 12.6. The van der Waals surface area contributed by atoms with E-state index in [2.05, 4.69) is 5.10 Å². The fourth-order valence-corrected chi connectivity index (χ4v) is 3.15. The standard InChI is InChI=1S/C17H20ClN3O2/c1-12(22)13-5-7-20(8-6-13)17(23)14-10-19-21(11-14)16-4-2-3-15(18)9-16/h2-4,9-13,22H,5-8H2,1H3. The second kappa shape index (κ2) is 6.72. The van der Waals surface area contributed by atoms with Gasteiger partial charge in [-0.05, 0) is 43.9 Å². The number of carbonyl (C=O) groups is 1. The first kappa shape index (κ1) is 16.0. The molecule has 1 aromatic carbocycles. The molecule has 0 spiro atoms. The van der Waals surface area contributed by atoms with Crippen molar-refractivity contribution in [3.63, 3.8) is 0 Å². The first-order chi connectivity index (χ1) is 11.0. The number of rotatable bonds is 3. The van der Waals surface area contributed by atoms with E-state index in [-0.39, 0.29) is 17.9 Å². The molecule has 1 unspecified atom stereocenters. The molecule has 122 valence electrons. The third-order valence-corrected chi connectivity index (χ3v) is 4.65. The highest BCUT2D eigenvalue weighted by Gasteiger charge is 2.26. The molecule has 3 rings (SSSR count). The van der Waals surface area contributed by atoms with Gasteiger partial charge in [-0.15, -0.1) is 0 Å². The second-order valence-corrected chi connectivity index (χ2v) is 6.46. The molecule has 1 amide bonds. The van der Waals surface area contributed by atoms with Gasteiger partial charge < -0.3 is 10.0 Å². The lowest BCUT2D eigenvalue weighted by atomic mass is 9.92. The van der Waals surface area contributed by atoms with Gasteiger partial charge in [0.1, 0.15) is 0 Å². The summed E-state index contributed by atoms with van der Waals surface area (Å²) in [4.78, 5) is 14.4. The zero-order valence-corrected chi connectivity index (χ0v) is 13.8. The summed E-state index contributed by atoms with van der Waals surface area (Å²) in [5, 5.41) is 14.5. The molecular weight excluding hydrogens is 314 g/mol. The van der Waals surface area contributed by atoms with Gasteiger partial charge in [-0.1, -0.05) is 17.7 Å². The molecule has 1 fully saturated rings. The maximum atomic E-state index is 12.6. The first-order valence-corrected chi connectivity index (χ1v) is 8.20. The van der Waals surface area contributed by atoms with E-state index in [1.165, 1.54) is 0 Å². The zero-order valence-electron chi connectivity index (χ0n) is 13.0. The minimum atomic E-state index is -0.308. The van der Waals surface area contributed by atoms with Gasteiger partial charge in [0.05, 0.1) is 23.6 Å². The number of halogens is 1. The summed E-state index contributed by atoms with van der Waals surface area (Å²) in [5.74, 6) is 0.274. The molecule has 0 aliphatic carbocycles. The van der Waals surface area contributed by atoms with Crippen molar-refractivity contribution in [3.8, 4) is 5.69 Å². The van der Waals surface area contributed by atoms with Crippen molar-refractivity contribution in [1.82, 2.24) is 14.7 Å². The molecule has 1 N–H and O–H groups in total. The molecule has 0 saturated carbocycles. The maximum Gasteiger partial charge on any atom is 0.257 e. The summed E-state index contributed by atoms with van der Waals surface area (Å²) in [7, 11) is 0. The topological polar surface area (TPSA) is 58.4 Å². The normalized spacial score (nSPS) is 17.3. The molecular formula is C17H20ClN3O2. The van der Waals surface area contributed by atoms with Crippen LogP contribution in [0.2, 0.25) is 5.02 Å². The number of nitrogens with zero attached hydrogens (tertiary/aromatic N) is 3. The van der Waals surface area contributed by atoms with Gasteiger partial charge in [0.15, 0.2) is 0 Å². The fourth-order valence-electron chi connectivity index (χ4n) is 2.96. The first-order valence-electron chi connectivity index (χ1n) is 7.82. The van der Waals surface area contributed by atoms with Crippen molar-refractivity contribution in [2.45, 2.75) is 25.9 Å². The van der Waals surface area contributed by atoms with Crippen molar-refractivity contribution >= 4 is 17.5 Å². The Labute approximate surface area is 140 Å². The Kier molecular flexibility index (Phi) is 4.68. The molecule has 0 radical (unpaired) electrons. The minimum Gasteiger partial charge on any atom is -0.393 e. The molecule has 2 heterocycles. The number of hydrogen-bond donors (Lipinski definition) is 1. The number of hydrogen-bond acceptors (Lipinski definition) is 3. The number of aromatic nitrogens is 2. The van der Waals surface area contributed by atoms with Crippen molar-refractivity contribution in [1.29, 1.82) is 0 Å². The lowest BCUT2D eigenvalue weighted by Gasteiger charge is -2.33. The van der Waals surface area contributed by atoms with Crippen LogP contribution in [0.25, 0.3) is 5.69 Å². The Balaban J connectivity index is 1.70. The highest BCUT2D eigenvalue weighted by molar-refractivity contribution is 6.30. The Morgan fingerprint density at radius 1 is 1.39 bits per heavy atom. The summed E-state index contributed by atoms with van der Waals surface area (Å²) in [6.07, 6.45) is 4.69. The molecule has 6 heteroatoms. The van der Waals surface area contributed by atoms with E-state index >= 15 is 0 Å². The second-order valence-electron chi connectivity index (χ2n) is 6.02. The molecule has 1 aromatic heterocycles. The van der Waals surface area contributed by atoms with E-state index < -0.39 is 0 Å². The van der Waals surface area contributed by atoms with E-state index in [0.29, 0.717) is 23.7 Å². The van der Waals surface area contributed by atoms with Crippen molar-refractivity contribution in [2.75, 3.05) is 13.1 Å². The average molecular weight is 334 g/mol. The van der Waals surface area contributed by atoms with E-state index in [1.54, 1.807) is 29.2 Å². The van der Waals surface area contributed by atoms with Gasteiger partial charge in [-0.25, -0.2) is 4.68 Å². The van der Waals surface area contributed by atoms with E-state index in [4.69, 9.17) is 11.6 Å². The molecule has 2 aromatic rings. The number of amides is 1.